The smallest absolute Gasteiger partial charge is 0.317 e. The summed E-state index contributed by atoms with van der Waals surface area (Å²) in [6, 6.07) is -0.00157. The molecule has 6 heteroatoms. The topological polar surface area (TPSA) is 55.9 Å². The molecule has 0 aromatic carbocycles. The van der Waals surface area contributed by atoms with Gasteiger partial charge in [0, 0.05) is 45.8 Å². The normalized spacial score (nSPS) is 23.7. The molecule has 3 rings (SSSR count). The molecule has 146 valence electrons. The summed E-state index contributed by atoms with van der Waals surface area (Å²) in [6.07, 6.45) is 10.1. The lowest BCUT2D eigenvalue weighted by molar-refractivity contribution is -0.140. The monoisotopic (exact) mass is 362 g/mol. The van der Waals surface area contributed by atoms with Crippen molar-refractivity contribution in [3.63, 3.8) is 0 Å². The van der Waals surface area contributed by atoms with Crippen LogP contribution in [-0.4, -0.2) is 78.5 Å². The number of hydrogen-bond donors (Lipinski definition) is 1. The van der Waals surface area contributed by atoms with E-state index in [4.69, 9.17) is 0 Å². The molecule has 1 saturated carbocycles. The minimum Gasteiger partial charge on any atom is -0.341 e. The summed E-state index contributed by atoms with van der Waals surface area (Å²) in [5.74, 6) is 0.840. The predicted molar refractivity (Wildman–Crippen MR) is 103 cm³/mol. The predicted octanol–water partition coefficient (Wildman–Crippen LogP) is 2.07. The van der Waals surface area contributed by atoms with Gasteiger partial charge in [-0.2, -0.15) is 0 Å². The Hall–Kier alpha value is -1.56. The highest BCUT2D eigenvalue weighted by Crippen LogP contribution is 2.32. The van der Waals surface area contributed by atoms with Gasteiger partial charge in [-0.15, -0.1) is 6.58 Å². The number of amides is 3. The van der Waals surface area contributed by atoms with Gasteiger partial charge in [0.25, 0.3) is 0 Å². The molecule has 0 aromatic heterocycles. The van der Waals surface area contributed by atoms with Crippen molar-refractivity contribution < 1.29 is 9.59 Å². The van der Waals surface area contributed by atoms with Gasteiger partial charge in [-0.3, -0.25) is 9.69 Å². The van der Waals surface area contributed by atoms with Gasteiger partial charge in [-0.05, 0) is 38.0 Å². The zero-order chi connectivity index (χ0) is 18.4. The second-order valence-corrected chi connectivity index (χ2v) is 7.87. The van der Waals surface area contributed by atoms with Gasteiger partial charge in [0.05, 0.1) is 6.04 Å². The maximum Gasteiger partial charge on any atom is 0.317 e. The summed E-state index contributed by atoms with van der Waals surface area (Å²) in [7, 11) is 0. The number of carbonyl (C=O) groups is 2. The van der Waals surface area contributed by atoms with Crippen molar-refractivity contribution in [3.05, 3.63) is 12.7 Å². The van der Waals surface area contributed by atoms with Crippen LogP contribution in [0.25, 0.3) is 0 Å². The number of nitrogens with zero attached hydrogens (tertiary/aromatic N) is 3. The lowest BCUT2D eigenvalue weighted by atomic mass is 9.93. The van der Waals surface area contributed by atoms with E-state index in [0.717, 1.165) is 39.0 Å². The fraction of sp³-hybridized carbons (Fsp3) is 0.800. The third-order valence-electron chi connectivity index (χ3n) is 6.16. The van der Waals surface area contributed by atoms with Crippen LogP contribution in [0.2, 0.25) is 0 Å². The molecule has 2 aliphatic heterocycles. The Bertz CT molecular complexity index is 490. The van der Waals surface area contributed by atoms with E-state index in [2.05, 4.69) is 21.7 Å². The summed E-state index contributed by atoms with van der Waals surface area (Å²) < 4.78 is 0. The minimum absolute atomic E-state index is 0.0222. The van der Waals surface area contributed by atoms with E-state index in [1.54, 1.807) is 6.08 Å². The largest absolute Gasteiger partial charge is 0.341 e. The zero-order valence-electron chi connectivity index (χ0n) is 16.0. The Kier molecular flexibility index (Phi) is 6.94. The summed E-state index contributed by atoms with van der Waals surface area (Å²) in [5, 5.41) is 2.85. The Morgan fingerprint density at radius 3 is 2.19 bits per heavy atom. The minimum atomic E-state index is -0.0238. The number of piperidine rings is 1. The van der Waals surface area contributed by atoms with Gasteiger partial charge in [-0.1, -0.05) is 18.9 Å². The molecule has 0 radical (unpaired) electrons. The van der Waals surface area contributed by atoms with Gasteiger partial charge in [0.1, 0.15) is 0 Å². The van der Waals surface area contributed by atoms with E-state index in [1.807, 2.05) is 4.90 Å². The molecule has 1 atom stereocenters. The number of nitrogens with one attached hydrogen (secondary N) is 1. The Morgan fingerprint density at radius 1 is 0.923 bits per heavy atom. The molecule has 3 fully saturated rings. The fourth-order valence-electron chi connectivity index (χ4n) is 4.70. The van der Waals surface area contributed by atoms with Gasteiger partial charge >= 0.3 is 6.03 Å². The molecule has 0 aromatic rings. The first-order chi connectivity index (χ1) is 12.7. The first-order valence-electron chi connectivity index (χ1n) is 10.4. The lowest BCUT2D eigenvalue weighted by Crippen LogP contribution is -2.59. The first-order valence-corrected chi connectivity index (χ1v) is 10.4. The van der Waals surface area contributed by atoms with Gasteiger partial charge in [-0.25, -0.2) is 4.79 Å². The van der Waals surface area contributed by atoms with Crippen LogP contribution >= 0.6 is 0 Å². The fourth-order valence-corrected chi connectivity index (χ4v) is 4.70. The maximum atomic E-state index is 13.3. The molecule has 2 heterocycles. The molecular formula is C20H34N4O2. The standard InChI is InChI=1S/C20H34N4O2/c1-2-10-21-20(26)24-15-13-22(14-16-24)18(17-8-4-5-9-17)19(25)23-11-6-3-7-12-23/h2,17-18H,1,3-16H2,(H,21,26)/t18-/m0/s1. The maximum absolute atomic E-state index is 13.3. The number of carbonyl (C=O) groups excluding carboxylic acids is 2. The quantitative estimate of drug-likeness (QED) is 0.762. The molecule has 6 nitrogen and oxygen atoms in total. The molecular weight excluding hydrogens is 328 g/mol. The van der Waals surface area contributed by atoms with Gasteiger partial charge in [0.2, 0.25) is 5.91 Å². The molecule has 1 aliphatic carbocycles. The summed E-state index contributed by atoms with van der Waals surface area (Å²) in [4.78, 5) is 31.8. The third kappa shape index (κ3) is 4.58. The highest BCUT2D eigenvalue weighted by atomic mass is 16.2. The van der Waals surface area contributed by atoms with Crippen molar-refractivity contribution in [2.24, 2.45) is 5.92 Å². The average molecular weight is 363 g/mol. The lowest BCUT2D eigenvalue weighted by Gasteiger charge is -2.43. The Balaban J connectivity index is 1.61. The second kappa shape index (κ2) is 9.40. The number of piperazine rings is 1. The molecule has 2 saturated heterocycles. The average Bonchev–Trinajstić information content (AvgIpc) is 3.21. The van der Waals surface area contributed by atoms with Crippen molar-refractivity contribution in [1.29, 1.82) is 0 Å². The van der Waals surface area contributed by atoms with Crippen molar-refractivity contribution in [1.82, 2.24) is 20.0 Å². The molecule has 0 spiro atoms. The molecule has 0 bridgehead atoms. The van der Waals surface area contributed by atoms with Crippen LogP contribution in [0.4, 0.5) is 4.79 Å². The zero-order valence-corrected chi connectivity index (χ0v) is 16.0. The molecule has 0 unspecified atom stereocenters. The van der Waals surface area contributed by atoms with Crippen molar-refractivity contribution in [2.75, 3.05) is 45.8 Å². The Morgan fingerprint density at radius 2 is 1.58 bits per heavy atom. The highest BCUT2D eigenvalue weighted by molar-refractivity contribution is 5.82. The van der Waals surface area contributed by atoms with Crippen LogP contribution in [0.15, 0.2) is 12.7 Å². The molecule has 1 N–H and O–H groups in total. The summed E-state index contributed by atoms with van der Waals surface area (Å²) in [6.45, 7) is 8.96. The van der Waals surface area contributed by atoms with E-state index in [-0.39, 0.29) is 12.1 Å². The van der Waals surface area contributed by atoms with E-state index < -0.39 is 0 Å². The molecule has 3 aliphatic rings. The highest BCUT2D eigenvalue weighted by Gasteiger charge is 2.39. The third-order valence-corrected chi connectivity index (χ3v) is 6.16. The van der Waals surface area contributed by atoms with Crippen LogP contribution < -0.4 is 5.32 Å². The summed E-state index contributed by atoms with van der Waals surface area (Å²) >= 11 is 0. The van der Waals surface area contributed by atoms with Crippen LogP contribution in [0, 0.1) is 5.92 Å². The first kappa shape index (κ1) is 19.2. The number of rotatable bonds is 5. The number of urea groups is 1. The number of hydrogen-bond acceptors (Lipinski definition) is 3. The number of likely N-dealkylation sites (tertiary alicyclic amines) is 1. The van der Waals surface area contributed by atoms with Crippen molar-refractivity contribution >= 4 is 11.9 Å². The van der Waals surface area contributed by atoms with Gasteiger partial charge in [0.15, 0.2) is 0 Å². The second-order valence-electron chi connectivity index (χ2n) is 7.87. The van der Waals surface area contributed by atoms with Crippen molar-refractivity contribution in [3.8, 4) is 0 Å². The molecule has 3 amide bonds. The van der Waals surface area contributed by atoms with Crippen molar-refractivity contribution in [2.45, 2.75) is 51.0 Å². The van der Waals surface area contributed by atoms with Gasteiger partial charge < -0.3 is 15.1 Å². The summed E-state index contributed by atoms with van der Waals surface area (Å²) in [5.41, 5.74) is 0. The van der Waals surface area contributed by atoms with E-state index in [0.29, 0.717) is 31.5 Å². The van der Waals surface area contributed by atoms with Crippen LogP contribution in [0.1, 0.15) is 44.9 Å². The Labute approximate surface area is 157 Å². The van der Waals surface area contributed by atoms with Crippen LogP contribution in [-0.2, 0) is 4.79 Å². The van der Waals surface area contributed by atoms with E-state index in [1.165, 1.54) is 32.1 Å². The SMILES string of the molecule is C=CCNC(=O)N1CCN([C@H](C(=O)N2CCCCC2)C2CCCC2)CC1. The van der Waals surface area contributed by atoms with E-state index >= 15 is 0 Å². The van der Waals surface area contributed by atoms with Crippen LogP contribution in [0.3, 0.4) is 0 Å². The van der Waals surface area contributed by atoms with Crippen LogP contribution in [0.5, 0.6) is 0 Å². The van der Waals surface area contributed by atoms with E-state index in [9.17, 15) is 9.59 Å². The molecule has 26 heavy (non-hydrogen) atoms.